The van der Waals surface area contributed by atoms with Crippen molar-refractivity contribution in [1.82, 2.24) is 9.88 Å². The van der Waals surface area contributed by atoms with Gasteiger partial charge in [0.15, 0.2) is 5.13 Å². The predicted molar refractivity (Wildman–Crippen MR) is 105 cm³/mol. The molecule has 1 aliphatic heterocycles. The maximum absolute atomic E-state index is 12.1. The molecule has 0 spiro atoms. The minimum Gasteiger partial charge on any atom is -0.308 e. The van der Waals surface area contributed by atoms with Crippen LogP contribution in [0.5, 0.6) is 0 Å². The normalized spacial score (nSPS) is 16.0. The van der Waals surface area contributed by atoms with Crippen LogP contribution in [0.25, 0.3) is 0 Å². The van der Waals surface area contributed by atoms with Gasteiger partial charge >= 0.3 is 6.03 Å². The Hall–Kier alpha value is -1.63. The van der Waals surface area contributed by atoms with E-state index < -0.39 is 0 Å². The van der Waals surface area contributed by atoms with Gasteiger partial charge in [0.1, 0.15) is 0 Å². The molecule has 2 aromatic rings. The maximum Gasteiger partial charge on any atom is 0.325 e. The van der Waals surface area contributed by atoms with Crippen LogP contribution >= 0.6 is 22.9 Å². The Balaban J connectivity index is 1.57. The fourth-order valence-corrected chi connectivity index (χ4v) is 4.07. The Morgan fingerprint density at radius 2 is 2.12 bits per heavy atom. The Kier molecular flexibility index (Phi) is 5.93. The lowest BCUT2D eigenvalue weighted by Crippen LogP contribution is -2.32. The van der Waals surface area contributed by atoms with Crippen LogP contribution in [-0.4, -0.2) is 29.0 Å². The quantitative estimate of drug-likeness (QED) is 0.788. The molecule has 1 fully saturated rings. The number of piperidine rings is 1. The topological polar surface area (TPSA) is 57.3 Å². The van der Waals surface area contributed by atoms with Crippen LogP contribution < -0.4 is 10.6 Å². The van der Waals surface area contributed by atoms with E-state index in [-0.39, 0.29) is 6.03 Å². The number of carbonyl (C=O) groups excluding carboxylic acids is 1. The van der Waals surface area contributed by atoms with E-state index >= 15 is 0 Å². The summed E-state index contributed by atoms with van der Waals surface area (Å²) >= 11 is 7.47. The van der Waals surface area contributed by atoms with Gasteiger partial charge in [-0.2, -0.15) is 0 Å². The number of halogens is 1. The first-order chi connectivity index (χ1) is 12.0. The van der Waals surface area contributed by atoms with E-state index in [2.05, 4.69) is 27.4 Å². The highest BCUT2D eigenvalue weighted by Crippen LogP contribution is 2.26. The van der Waals surface area contributed by atoms with E-state index in [9.17, 15) is 4.79 Å². The van der Waals surface area contributed by atoms with Crippen molar-refractivity contribution in [1.29, 1.82) is 0 Å². The van der Waals surface area contributed by atoms with E-state index in [4.69, 9.17) is 11.6 Å². The molecule has 1 aromatic carbocycles. The molecule has 1 saturated heterocycles. The van der Waals surface area contributed by atoms with Crippen molar-refractivity contribution in [2.75, 3.05) is 23.7 Å². The van der Waals surface area contributed by atoms with E-state index in [1.54, 1.807) is 35.6 Å². The maximum atomic E-state index is 12.1. The summed E-state index contributed by atoms with van der Waals surface area (Å²) in [7, 11) is 0. The number of nitrogens with zero attached hydrogens (tertiary/aromatic N) is 2. The second kappa shape index (κ2) is 8.17. The van der Waals surface area contributed by atoms with Gasteiger partial charge < -0.3 is 5.32 Å². The number of likely N-dealkylation sites (tertiary alicyclic amines) is 1. The van der Waals surface area contributed by atoms with Crippen molar-refractivity contribution >= 4 is 39.8 Å². The van der Waals surface area contributed by atoms with Crippen LogP contribution in [0.3, 0.4) is 0 Å². The van der Waals surface area contributed by atoms with E-state index in [1.165, 1.54) is 17.7 Å². The molecule has 5 nitrogen and oxygen atoms in total. The average Bonchev–Trinajstić information content (AvgIpc) is 2.88. The molecule has 1 aromatic heterocycles. The van der Waals surface area contributed by atoms with Gasteiger partial charge in [0, 0.05) is 22.1 Å². The number of urea groups is 1. The molecule has 3 rings (SSSR count). The Morgan fingerprint density at radius 3 is 2.84 bits per heavy atom. The smallest absolute Gasteiger partial charge is 0.308 e. The van der Waals surface area contributed by atoms with Crippen molar-refractivity contribution in [2.45, 2.75) is 33.2 Å². The first-order valence-electron chi connectivity index (χ1n) is 8.52. The number of nitrogens with one attached hydrogen (secondary N) is 2. The van der Waals surface area contributed by atoms with Crippen molar-refractivity contribution < 1.29 is 4.79 Å². The Labute approximate surface area is 157 Å². The molecule has 2 amide bonds. The molecule has 1 aliphatic rings. The molecule has 0 bridgehead atoms. The van der Waals surface area contributed by atoms with Crippen molar-refractivity contribution in [2.24, 2.45) is 5.92 Å². The number of thiazole rings is 1. The number of carbonyl (C=O) groups is 1. The first kappa shape index (κ1) is 18.2. The van der Waals surface area contributed by atoms with Gasteiger partial charge in [-0.05, 0) is 57.0 Å². The van der Waals surface area contributed by atoms with Gasteiger partial charge in [-0.15, -0.1) is 11.3 Å². The lowest BCUT2D eigenvalue weighted by Gasteiger charge is -2.29. The monoisotopic (exact) mass is 378 g/mol. The summed E-state index contributed by atoms with van der Waals surface area (Å²) in [6, 6.07) is 6.75. The Morgan fingerprint density at radius 1 is 1.36 bits per heavy atom. The summed E-state index contributed by atoms with van der Waals surface area (Å²) in [5, 5.41) is 6.79. The Bertz CT molecular complexity index is 740. The molecule has 0 unspecified atom stereocenters. The third-order valence-corrected chi connectivity index (χ3v) is 5.73. The number of amides is 2. The number of aromatic nitrogens is 1. The van der Waals surface area contributed by atoms with Crippen LogP contribution in [0.15, 0.2) is 24.3 Å². The number of anilines is 2. The molecule has 25 heavy (non-hydrogen) atoms. The molecular weight excluding hydrogens is 356 g/mol. The third kappa shape index (κ3) is 5.17. The van der Waals surface area contributed by atoms with Gasteiger partial charge in [-0.1, -0.05) is 24.6 Å². The van der Waals surface area contributed by atoms with E-state index in [1.807, 2.05) is 6.92 Å². The zero-order valence-electron chi connectivity index (χ0n) is 14.5. The van der Waals surface area contributed by atoms with Gasteiger partial charge in [0.2, 0.25) is 0 Å². The lowest BCUT2D eigenvalue weighted by atomic mass is 9.99. The zero-order chi connectivity index (χ0) is 17.8. The van der Waals surface area contributed by atoms with Crippen LogP contribution in [0, 0.1) is 12.8 Å². The van der Waals surface area contributed by atoms with Gasteiger partial charge in [-0.25, -0.2) is 9.78 Å². The number of hydrogen-bond acceptors (Lipinski definition) is 4. The van der Waals surface area contributed by atoms with Crippen molar-refractivity contribution in [3.05, 3.63) is 39.9 Å². The minimum atomic E-state index is -0.311. The fourth-order valence-electron chi connectivity index (χ4n) is 2.88. The number of hydrogen-bond donors (Lipinski definition) is 2. The predicted octanol–water partition coefficient (Wildman–Crippen LogP) is 4.98. The summed E-state index contributed by atoms with van der Waals surface area (Å²) in [5.74, 6) is 0.825. The highest BCUT2D eigenvalue weighted by Gasteiger charge is 2.18. The second-order valence-electron chi connectivity index (χ2n) is 6.58. The summed E-state index contributed by atoms with van der Waals surface area (Å²) in [5.41, 5.74) is 1.64. The second-order valence-corrected chi connectivity index (χ2v) is 8.10. The molecule has 0 radical (unpaired) electrons. The number of rotatable bonds is 4. The summed E-state index contributed by atoms with van der Waals surface area (Å²) < 4.78 is 0. The summed E-state index contributed by atoms with van der Waals surface area (Å²) in [6.07, 6.45) is 2.51. The van der Waals surface area contributed by atoms with Crippen LogP contribution in [0.4, 0.5) is 15.6 Å². The van der Waals surface area contributed by atoms with E-state index in [0.29, 0.717) is 15.8 Å². The largest absolute Gasteiger partial charge is 0.325 e. The van der Waals surface area contributed by atoms with Gasteiger partial charge in [-0.3, -0.25) is 10.2 Å². The van der Waals surface area contributed by atoms with E-state index in [0.717, 1.165) is 31.2 Å². The summed E-state index contributed by atoms with van der Waals surface area (Å²) in [6.45, 7) is 7.50. The molecule has 2 heterocycles. The van der Waals surface area contributed by atoms with Crippen LogP contribution in [0.1, 0.15) is 30.3 Å². The van der Waals surface area contributed by atoms with Crippen LogP contribution in [0.2, 0.25) is 5.02 Å². The highest BCUT2D eigenvalue weighted by atomic mass is 35.5. The molecule has 0 atom stereocenters. The van der Waals surface area contributed by atoms with Crippen LogP contribution in [-0.2, 0) is 6.54 Å². The minimum absolute atomic E-state index is 0.311. The van der Waals surface area contributed by atoms with Crippen molar-refractivity contribution in [3.8, 4) is 0 Å². The summed E-state index contributed by atoms with van der Waals surface area (Å²) in [4.78, 5) is 20.3. The first-order valence-corrected chi connectivity index (χ1v) is 9.71. The molecule has 0 aliphatic carbocycles. The molecule has 134 valence electrons. The number of aryl methyl sites for hydroxylation is 1. The number of benzene rings is 1. The lowest BCUT2D eigenvalue weighted by molar-refractivity contribution is 0.186. The van der Waals surface area contributed by atoms with Gasteiger partial charge in [0.25, 0.3) is 0 Å². The van der Waals surface area contributed by atoms with Crippen molar-refractivity contribution in [3.63, 3.8) is 0 Å². The van der Waals surface area contributed by atoms with Gasteiger partial charge in [0.05, 0.1) is 5.69 Å². The SMILES string of the molecule is Cc1nc(NC(=O)Nc2cccc(Cl)c2)sc1CN1CCC(C)CC1. The third-order valence-electron chi connectivity index (χ3n) is 4.44. The molecule has 2 N–H and O–H groups in total. The zero-order valence-corrected chi connectivity index (χ0v) is 16.1. The molecule has 7 heteroatoms. The fraction of sp³-hybridized carbons (Fsp3) is 0.444. The highest BCUT2D eigenvalue weighted by molar-refractivity contribution is 7.15. The standard InChI is InChI=1S/C18H23ClN4OS/c1-12-6-8-23(9-7-12)11-16-13(2)20-18(25-16)22-17(24)21-15-5-3-4-14(19)10-15/h3-5,10,12H,6-9,11H2,1-2H3,(H2,20,21,22,24). The molecular formula is C18H23ClN4OS. The average molecular weight is 379 g/mol. The molecule has 0 saturated carbocycles.